The fraction of sp³-hybridized carbons (Fsp3) is 0.462. The normalized spacial score (nSPS) is 29.4. The fourth-order valence-electron chi connectivity index (χ4n) is 6.93. The van der Waals surface area contributed by atoms with E-state index in [9.17, 15) is 14.7 Å². The SMILES string of the molecule is CN1[C@@H](C(=O)O)C(c2cccc(Cl)c2F)[C@]2(C(=O)Nc3cc(Cl)ccc32)C12CCC(C)(C)CC2. The summed E-state index contributed by atoms with van der Waals surface area (Å²) in [5.41, 5.74) is -0.730. The molecule has 5 nitrogen and oxygen atoms in total. The van der Waals surface area contributed by atoms with Gasteiger partial charge in [0.15, 0.2) is 0 Å². The van der Waals surface area contributed by atoms with Crippen molar-refractivity contribution in [3.63, 3.8) is 0 Å². The minimum Gasteiger partial charge on any atom is -0.480 e. The molecule has 5 rings (SSSR count). The summed E-state index contributed by atoms with van der Waals surface area (Å²) in [5.74, 6) is -3.08. The van der Waals surface area contributed by atoms with Crippen LogP contribution >= 0.6 is 23.2 Å². The van der Waals surface area contributed by atoms with Gasteiger partial charge in [-0.25, -0.2) is 4.39 Å². The Labute approximate surface area is 208 Å². The Hall–Kier alpha value is -2.15. The highest BCUT2D eigenvalue weighted by Crippen LogP contribution is 2.67. The first-order chi connectivity index (χ1) is 16.0. The van der Waals surface area contributed by atoms with Crippen molar-refractivity contribution in [1.82, 2.24) is 4.90 Å². The van der Waals surface area contributed by atoms with Crippen LogP contribution in [0.3, 0.4) is 0 Å². The molecule has 0 aromatic heterocycles. The van der Waals surface area contributed by atoms with Crippen molar-refractivity contribution >= 4 is 40.8 Å². The lowest BCUT2D eigenvalue weighted by atomic mass is 9.53. The molecule has 8 heteroatoms. The lowest BCUT2D eigenvalue weighted by Crippen LogP contribution is -2.61. The number of carboxylic acids is 1. The summed E-state index contributed by atoms with van der Waals surface area (Å²) in [4.78, 5) is 28.8. The van der Waals surface area contributed by atoms with Gasteiger partial charge in [0, 0.05) is 22.2 Å². The Bertz CT molecular complexity index is 1210. The van der Waals surface area contributed by atoms with Gasteiger partial charge in [0.1, 0.15) is 17.3 Å². The molecule has 2 spiro atoms. The second-order valence-electron chi connectivity index (χ2n) is 10.7. The van der Waals surface area contributed by atoms with Crippen molar-refractivity contribution < 1.29 is 19.1 Å². The van der Waals surface area contributed by atoms with Gasteiger partial charge in [-0.2, -0.15) is 0 Å². The van der Waals surface area contributed by atoms with E-state index < -0.39 is 34.7 Å². The molecule has 1 saturated heterocycles. The van der Waals surface area contributed by atoms with E-state index in [1.54, 1.807) is 37.4 Å². The first kappa shape index (κ1) is 23.6. The molecule has 1 unspecified atom stereocenters. The highest BCUT2D eigenvalue weighted by Gasteiger charge is 2.75. The molecule has 2 aromatic rings. The van der Waals surface area contributed by atoms with Gasteiger partial charge in [0.05, 0.1) is 5.02 Å². The summed E-state index contributed by atoms with van der Waals surface area (Å²) in [7, 11) is 1.77. The van der Waals surface area contributed by atoms with E-state index in [-0.39, 0.29) is 21.9 Å². The molecule has 2 heterocycles. The van der Waals surface area contributed by atoms with Crippen LogP contribution in [0.5, 0.6) is 0 Å². The van der Waals surface area contributed by atoms with Gasteiger partial charge in [0.2, 0.25) is 5.91 Å². The maximum absolute atomic E-state index is 15.6. The number of anilines is 1. The number of likely N-dealkylation sites (N-methyl/N-ethyl adjacent to an activating group) is 1. The van der Waals surface area contributed by atoms with Crippen LogP contribution in [0.25, 0.3) is 0 Å². The standard InChI is InChI=1S/C26H27Cl2FN2O3/c1-24(2)9-11-25(12-10-24)26(16-8-7-14(27)13-18(16)30-23(26)34)19(21(22(32)33)31(25)3)15-5-4-6-17(28)20(15)29/h4-8,13,19,21H,9-12H2,1-3H3,(H,30,34)(H,32,33)/t19?,21-,26-/m1/s1. The van der Waals surface area contributed by atoms with Crippen molar-refractivity contribution in [2.45, 2.75) is 62.4 Å². The first-order valence-electron chi connectivity index (χ1n) is 11.5. The van der Waals surface area contributed by atoms with Gasteiger partial charge in [-0.1, -0.05) is 55.2 Å². The predicted octanol–water partition coefficient (Wildman–Crippen LogP) is 5.84. The maximum atomic E-state index is 15.6. The molecule has 2 aliphatic heterocycles. The predicted molar refractivity (Wildman–Crippen MR) is 130 cm³/mol. The van der Waals surface area contributed by atoms with Crippen LogP contribution in [0.4, 0.5) is 10.1 Å². The molecular formula is C26H27Cl2FN2O3. The van der Waals surface area contributed by atoms with Crippen molar-refractivity contribution in [2.75, 3.05) is 12.4 Å². The van der Waals surface area contributed by atoms with Crippen LogP contribution in [0.1, 0.15) is 56.6 Å². The van der Waals surface area contributed by atoms with Gasteiger partial charge >= 0.3 is 5.97 Å². The molecule has 34 heavy (non-hydrogen) atoms. The Balaban J connectivity index is 1.87. The molecule has 2 aromatic carbocycles. The first-order valence-corrected chi connectivity index (χ1v) is 12.2. The number of carboxylic acid groups (broad SMARTS) is 1. The van der Waals surface area contributed by atoms with Gasteiger partial charge in [0.25, 0.3) is 0 Å². The third-order valence-electron chi connectivity index (χ3n) is 8.62. The zero-order chi connectivity index (χ0) is 24.6. The summed E-state index contributed by atoms with van der Waals surface area (Å²) >= 11 is 12.4. The molecule has 2 N–H and O–H groups in total. The smallest absolute Gasteiger partial charge is 0.321 e. The van der Waals surface area contributed by atoms with Crippen molar-refractivity contribution in [3.05, 3.63) is 63.4 Å². The third kappa shape index (κ3) is 2.94. The van der Waals surface area contributed by atoms with E-state index in [1.165, 1.54) is 6.07 Å². The summed E-state index contributed by atoms with van der Waals surface area (Å²) < 4.78 is 15.6. The van der Waals surface area contributed by atoms with Crippen LogP contribution in [0.15, 0.2) is 36.4 Å². The summed E-state index contributed by atoms with van der Waals surface area (Å²) in [6.45, 7) is 4.37. The van der Waals surface area contributed by atoms with E-state index in [2.05, 4.69) is 19.2 Å². The van der Waals surface area contributed by atoms with Gasteiger partial charge < -0.3 is 10.4 Å². The average molecular weight is 505 g/mol. The lowest BCUT2D eigenvalue weighted by molar-refractivity contribution is -0.144. The molecule has 3 aliphatic rings. The van der Waals surface area contributed by atoms with Crippen LogP contribution in [0, 0.1) is 11.2 Å². The number of benzene rings is 2. The number of carbonyl (C=O) groups excluding carboxylic acids is 1. The summed E-state index contributed by atoms with van der Waals surface area (Å²) in [6.07, 6.45) is 2.83. The number of carbonyl (C=O) groups is 2. The van der Waals surface area contributed by atoms with Crippen LogP contribution in [-0.2, 0) is 15.0 Å². The van der Waals surface area contributed by atoms with Gasteiger partial charge in [-0.05, 0) is 67.5 Å². The topological polar surface area (TPSA) is 69.6 Å². The van der Waals surface area contributed by atoms with Crippen LogP contribution in [-0.4, -0.2) is 40.5 Å². The quantitative estimate of drug-likeness (QED) is 0.538. The molecule has 0 radical (unpaired) electrons. The molecule has 2 fully saturated rings. The number of hydrogen-bond donors (Lipinski definition) is 2. The van der Waals surface area contributed by atoms with E-state index in [0.29, 0.717) is 29.1 Å². The minimum absolute atomic E-state index is 0.0588. The number of likely N-dealkylation sites (tertiary alicyclic amines) is 1. The van der Waals surface area contributed by atoms with Crippen LogP contribution < -0.4 is 5.32 Å². The highest BCUT2D eigenvalue weighted by atomic mass is 35.5. The Kier molecular flexibility index (Phi) is 5.32. The van der Waals surface area contributed by atoms with E-state index in [1.807, 2.05) is 4.90 Å². The maximum Gasteiger partial charge on any atom is 0.321 e. The van der Waals surface area contributed by atoms with E-state index in [0.717, 1.165) is 12.8 Å². The number of halogens is 3. The second kappa shape index (κ2) is 7.67. The molecule has 0 bridgehead atoms. The van der Waals surface area contributed by atoms with Gasteiger partial charge in [-0.3, -0.25) is 14.5 Å². The Morgan fingerprint density at radius 1 is 1.15 bits per heavy atom. The minimum atomic E-state index is -1.33. The molecule has 1 amide bonds. The second-order valence-corrected chi connectivity index (χ2v) is 11.5. The largest absolute Gasteiger partial charge is 0.480 e. The molecule has 1 aliphatic carbocycles. The van der Waals surface area contributed by atoms with Crippen molar-refractivity contribution in [3.8, 4) is 0 Å². The van der Waals surface area contributed by atoms with Crippen LogP contribution in [0.2, 0.25) is 10.0 Å². The fourth-order valence-corrected chi connectivity index (χ4v) is 7.29. The molecule has 1 saturated carbocycles. The highest BCUT2D eigenvalue weighted by molar-refractivity contribution is 6.31. The number of rotatable bonds is 2. The van der Waals surface area contributed by atoms with Crippen molar-refractivity contribution in [2.24, 2.45) is 5.41 Å². The Morgan fingerprint density at radius 3 is 2.47 bits per heavy atom. The molecule has 3 atom stereocenters. The average Bonchev–Trinajstić information content (AvgIpc) is 3.17. The zero-order valence-electron chi connectivity index (χ0n) is 19.3. The number of fused-ring (bicyclic) bond motifs is 3. The zero-order valence-corrected chi connectivity index (χ0v) is 20.8. The number of aliphatic carboxylic acids is 1. The number of nitrogens with one attached hydrogen (secondary N) is 1. The summed E-state index contributed by atoms with van der Waals surface area (Å²) in [6, 6.07) is 8.67. The number of nitrogens with zero attached hydrogens (tertiary/aromatic N) is 1. The molecule has 180 valence electrons. The van der Waals surface area contributed by atoms with E-state index >= 15 is 4.39 Å². The summed E-state index contributed by atoms with van der Waals surface area (Å²) in [5, 5.41) is 13.8. The van der Waals surface area contributed by atoms with Crippen molar-refractivity contribution in [1.29, 1.82) is 0 Å². The number of amides is 1. The monoisotopic (exact) mass is 504 g/mol. The van der Waals surface area contributed by atoms with Gasteiger partial charge in [-0.15, -0.1) is 0 Å². The Morgan fingerprint density at radius 2 is 1.82 bits per heavy atom. The van der Waals surface area contributed by atoms with E-state index in [4.69, 9.17) is 23.2 Å². The molecular weight excluding hydrogens is 478 g/mol. The third-order valence-corrected chi connectivity index (χ3v) is 9.15. The lowest BCUT2D eigenvalue weighted by Gasteiger charge is -2.52. The number of hydrogen-bond acceptors (Lipinski definition) is 3.